The van der Waals surface area contributed by atoms with Crippen molar-refractivity contribution in [2.24, 2.45) is 0 Å². The molecule has 1 N–H and O–H groups in total. The Morgan fingerprint density at radius 3 is 2.67 bits per heavy atom. The maximum Gasteiger partial charge on any atom is 0.261 e. The number of alkyl halides is 2. The zero-order valence-corrected chi connectivity index (χ0v) is 13.6. The lowest BCUT2D eigenvalue weighted by Crippen LogP contribution is -2.33. The quantitative estimate of drug-likeness (QED) is 0.626. The zero-order valence-electron chi connectivity index (χ0n) is 12.0. The van der Waals surface area contributed by atoms with Crippen molar-refractivity contribution in [3.8, 4) is 0 Å². The Bertz CT molecular complexity index is 398. The molecule has 0 aliphatic heterocycles. The first kappa shape index (κ1) is 18.5. The predicted octanol–water partition coefficient (Wildman–Crippen LogP) is 4.17. The summed E-state index contributed by atoms with van der Waals surface area (Å²) in [4.78, 5) is 0. The molecule has 1 aromatic rings. The molecule has 0 spiro atoms. The minimum Gasteiger partial charge on any atom is -0.375 e. The molecule has 0 saturated carbocycles. The molecule has 1 unspecified atom stereocenters. The summed E-state index contributed by atoms with van der Waals surface area (Å²) in [6.45, 7) is 2.61. The molecule has 21 heavy (non-hydrogen) atoms. The standard InChI is InChI=1S/C15H21BrF3NO/c1-2-4-20-14(3-5-21-10-15(18)19)8-11-6-12(16)9-13(17)7-11/h6-7,9,14-15,20H,2-5,8,10H2,1H3. The number of ether oxygens (including phenoxy) is 1. The van der Waals surface area contributed by atoms with Gasteiger partial charge in [0.15, 0.2) is 0 Å². The van der Waals surface area contributed by atoms with Gasteiger partial charge in [-0.2, -0.15) is 0 Å². The van der Waals surface area contributed by atoms with Crippen LogP contribution in [0, 0.1) is 5.82 Å². The van der Waals surface area contributed by atoms with Crippen molar-refractivity contribution in [3.05, 3.63) is 34.1 Å². The van der Waals surface area contributed by atoms with Gasteiger partial charge in [0.1, 0.15) is 12.4 Å². The molecule has 1 atom stereocenters. The van der Waals surface area contributed by atoms with E-state index in [9.17, 15) is 13.2 Å². The molecule has 1 aromatic carbocycles. The summed E-state index contributed by atoms with van der Waals surface area (Å²) in [6, 6.07) is 4.84. The molecule has 0 aliphatic carbocycles. The SMILES string of the molecule is CCCNC(CCOCC(F)F)Cc1cc(F)cc(Br)c1. The fourth-order valence-electron chi connectivity index (χ4n) is 2.04. The predicted molar refractivity (Wildman–Crippen MR) is 81.3 cm³/mol. The van der Waals surface area contributed by atoms with E-state index in [4.69, 9.17) is 4.74 Å². The Balaban J connectivity index is 2.51. The smallest absolute Gasteiger partial charge is 0.261 e. The lowest BCUT2D eigenvalue weighted by molar-refractivity contribution is 0.0144. The van der Waals surface area contributed by atoms with Crippen LogP contribution in [0.1, 0.15) is 25.3 Å². The Morgan fingerprint density at radius 1 is 1.29 bits per heavy atom. The Morgan fingerprint density at radius 2 is 2.05 bits per heavy atom. The summed E-state index contributed by atoms with van der Waals surface area (Å²) in [7, 11) is 0. The van der Waals surface area contributed by atoms with Crippen LogP contribution in [-0.2, 0) is 11.2 Å². The van der Waals surface area contributed by atoms with Gasteiger partial charge in [-0.3, -0.25) is 0 Å². The fourth-order valence-corrected chi connectivity index (χ4v) is 2.55. The van der Waals surface area contributed by atoms with E-state index in [1.54, 1.807) is 0 Å². The van der Waals surface area contributed by atoms with Crippen molar-refractivity contribution < 1.29 is 17.9 Å². The molecule has 120 valence electrons. The Labute approximate surface area is 132 Å². The molecule has 0 radical (unpaired) electrons. The zero-order chi connectivity index (χ0) is 15.7. The van der Waals surface area contributed by atoms with Crippen LogP contribution in [0.15, 0.2) is 22.7 Å². The van der Waals surface area contributed by atoms with Gasteiger partial charge in [-0.25, -0.2) is 13.2 Å². The van der Waals surface area contributed by atoms with Gasteiger partial charge in [0, 0.05) is 17.1 Å². The van der Waals surface area contributed by atoms with Crippen LogP contribution in [0.4, 0.5) is 13.2 Å². The minimum absolute atomic E-state index is 0.0799. The summed E-state index contributed by atoms with van der Waals surface area (Å²) in [5.41, 5.74) is 0.865. The second-order valence-electron chi connectivity index (χ2n) is 4.89. The first-order valence-corrected chi connectivity index (χ1v) is 7.84. The topological polar surface area (TPSA) is 21.3 Å². The average molecular weight is 368 g/mol. The average Bonchev–Trinajstić information content (AvgIpc) is 2.39. The highest BCUT2D eigenvalue weighted by molar-refractivity contribution is 9.10. The first-order chi connectivity index (χ1) is 10.0. The maximum absolute atomic E-state index is 13.4. The number of hydrogen-bond acceptors (Lipinski definition) is 2. The van der Waals surface area contributed by atoms with Gasteiger partial charge in [-0.15, -0.1) is 0 Å². The van der Waals surface area contributed by atoms with Gasteiger partial charge >= 0.3 is 0 Å². The molecular formula is C15H21BrF3NO. The lowest BCUT2D eigenvalue weighted by Gasteiger charge is -2.19. The van der Waals surface area contributed by atoms with Crippen LogP contribution in [0.5, 0.6) is 0 Å². The molecule has 6 heteroatoms. The van der Waals surface area contributed by atoms with Gasteiger partial charge in [-0.05, 0) is 49.6 Å². The highest BCUT2D eigenvalue weighted by Gasteiger charge is 2.11. The summed E-state index contributed by atoms with van der Waals surface area (Å²) in [5.74, 6) is -0.289. The van der Waals surface area contributed by atoms with Crippen molar-refractivity contribution in [2.45, 2.75) is 38.7 Å². The minimum atomic E-state index is -2.44. The highest BCUT2D eigenvalue weighted by atomic mass is 79.9. The van der Waals surface area contributed by atoms with Gasteiger partial charge in [0.2, 0.25) is 0 Å². The number of halogens is 4. The molecular weight excluding hydrogens is 347 g/mol. The van der Waals surface area contributed by atoms with Crippen LogP contribution in [0.2, 0.25) is 0 Å². The third kappa shape index (κ3) is 8.44. The summed E-state index contributed by atoms with van der Waals surface area (Å²) >= 11 is 3.27. The molecule has 0 saturated heterocycles. The summed E-state index contributed by atoms with van der Waals surface area (Å²) in [6.07, 6.45) is -0.220. The molecule has 0 aliphatic rings. The molecule has 1 rings (SSSR count). The summed E-state index contributed by atoms with van der Waals surface area (Å²) < 4.78 is 43.0. The van der Waals surface area contributed by atoms with E-state index in [1.807, 2.05) is 6.07 Å². The van der Waals surface area contributed by atoms with Gasteiger partial charge in [-0.1, -0.05) is 22.9 Å². The molecule has 0 amide bonds. The van der Waals surface area contributed by atoms with Crippen molar-refractivity contribution in [2.75, 3.05) is 19.8 Å². The van der Waals surface area contributed by atoms with Crippen LogP contribution in [-0.4, -0.2) is 32.2 Å². The second kappa shape index (κ2) is 10.2. The van der Waals surface area contributed by atoms with Crippen LogP contribution >= 0.6 is 15.9 Å². The van der Waals surface area contributed by atoms with Gasteiger partial charge < -0.3 is 10.1 Å². The van der Waals surface area contributed by atoms with Crippen molar-refractivity contribution in [1.82, 2.24) is 5.32 Å². The van der Waals surface area contributed by atoms with E-state index in [-0.39, 0.29) is 18.5 Å². The molecule has 0 fully saturated rings. The van der Waals surface area contributed by atoms with Crippen molar-refractivity contribution in [3.63, 3.8) is 0 Å². The van der Waals surface area contributed by atoms with Gasteiger partial charge in [0.05, 0.1) is 0 Å². The maximum atomic E-state index is 13.4. The monoisotopic (exact) mass is 367 g/mol. The molecule has 0 bridgehead atoms. The van der Waals surface area contributed by atoms with E-state index in [0.29, 0.717) is 17.3 Å². The Hall–Kier alpha value is -0.590. The molecule has 0 aromatic heterocycles. The third-order valence-corrected chi connectivity index (χ3v) is 3.40. The third-order valence-electron chi connectivity index (χ3n) is 2.94. The van der Waals surface area contributed by atoms with Gasteiger partial charge in [0.25, 0.3) is 6.43 Å². The first-order valence-electron chi connectivity index (χ1n) is 7.05. The summed E-state index contributed by atoms with van der Waals surface area (Å²) in [5, 5.41) is 3.34. The molecule has 2 nitrogen and oxygen atoms in total. The Kier molecular flexibility index (Phi) is 8.96. The fraction of sp³-hybridized carbons (Fsp3) is 0.600. The highest BCUT2D eigenvalue weighted by Crippen LogP contribution is 2.17. The largest absolute Gasteiger partial charge is 0.375 e. The van der Waals surface area contributed by atoms with E-state index in [1.165, 1.54) is 12.1 Å². The van der Waals surface area contributed by atoms with Crippen molar-refractivity contribution in [1.29, 1.82) is 0 Å². The normalized spacial score (nSPS) is 12.9. The lowest BCUT2D eigenvalue weighted by atomic mass is 10.0. The number of benzene rings is 1. The van der Waals surface area contributed by atoms with E-state index in [0.717, 1.165) is 18.5 Å². The van der Waals surface area contributed by atoms with Crippen LogP contribution in [0.25, 0.3) is 0 Å². The number of rotatable bonds is 10. The van der Waals surface area contributed by atoms with E-state index >= 15 is 0 Å². The number of hydrogen-bond donors (Lipinski definition) is 1. The van der Waals surface area contributed by atoms with Crippen LogP contribution in [0.3, 0.4) is 0 Å². The van der Waals surface area contributed by atoms with E-state index in [2.05, 4.69) is 28.2 Å². The second-order valence-corrected chi connectivity index (χ2v) is 5.80. The molecule has 0 heterocycles. The number of nitrogens with one attached hydrogen (secondary N) is 1. The van der Waals surface area contributed by atoms with Crippen LogP contribution < -0.4 is 5.32 Å². The van der Waals surface area contributed by atoms with E-state index < -0.39 is 13.0 Å². The van der Waals surface area contributed by atoms with Crippen molar-refractivity contribution >= 4 is 15.9 Å².